The van der Waals surface area contributed by atoms with Gasteiger partial charge in [0.2, 0.25) is 0 Å². The van der Waals surface area contributed by atoms with Crippen molar-refractivity contribution in [3.05, 3.63) is 54.6 Å². The second kappa shape index (κ2) is 5.60. The summed E-state index contributed by atoms with van der Waals surface area (Å²) in [6, 6.07) is 20.3. The van der Waals surface area contributed by atoms with Gasteiger partial charge in [-0.15, -0.1) is 0 Å². The molecule has 3 rings (SSSR count). The van der Waals surface area contributed by atoms with Crippen molar-refractivity contribution in [1.82, 2.24) is 0 Å². The lowest BCUT2D eigenvalue weighted by atomic mass is 10.0. The minimum absolute atomic E-state index is 0.895. The Morgan fingerprint density at radius 2 is 1.43 bits per heavy atom. The van der Waals surface area contributed by atoms with E-state index in [1.807, 2.05) is 0 Å². The standard InChI is InChI=1S/C18H20O2Si/c1-4-21(19-2,20-3)18-11-7-10-16-12-14-8-5-6-9-15(14)13-17(16)18/h5-13H,4H2,1-3H3. The van der Waals surface area contributed by atoms with E-state index in [0.29, 0.717) is 0 Å². The van der Waals surface area contributed by atoms with Gasteiger partial charge in [0.15, 0.2) is 0 Å². The van der Waals surface area contributed by atoms with Crippen LogP contribution in [-0.4, -0.2) is 22.8 Å². The van der Waals surface area contributed by atoms with Crippen LogP contribution in [0.4, 0.5) is 0 Å². The quantitative estimate of drug-likeness (QED) is 0.536. The lowest BCUT2D eigenvalue weighted by Gasteiger charge is -2.27. The molecule has 0 bridgehead atoms. The number of hydrogen-bond acceptors (Lipinski definition) is 2. The predicted octanol–water partition coefficient (Wildman–Crippen LogP) is 3.95. The summed E-state index contributed by atoms with van der Waals surface area (Å²) in [6.45, 7) is 2.14. The average Bonchev–Trinajstić information content (AvgIpc) is 2.55. The van der Waals surface area contributed by atoms with Gasteiger partial charge in [0, 0.05) is 19.4 Å². The summed E-state index contributed by atoms with van der Waals surface area (Å²) in [6.07, 6.45) is 0. The van der Waals surface area contributed by atoms with Gasteiger partial charge >= 0.3 is 8.56 Å². The maximum Gasteiger partial charge on any atom is 0.372 e. The lowest BCUT2D eigenvalue weighted by molar-refractivity contribution is 0.259. The van der Waals surface area contributed by atoms with E-state index in [1.165, 1.54) is 26.7 Å². The fourth-order valence-corrected chi connectivity index (χ4v) is 5.62. The van der Waals surface area contributed by atoms with Crippen molar-refractivity contribution in [1.29, 1.82) is 0 Å². The summed E-state index contributed by atoms with van der Waals surface area (Å²) < 4.78 is 11.7. The van der Waals surface area contributed by atoms with Gasteiger partial charge in [-0.1, -0.05) is 49.4 Å². The van der Waals surface area contributed by atoms with Crippen LogP contribution in [0.25, 0.3) is 21.5 Å². The predicted molar refractivity (Wildman–Crippen MR) is 91.3 cm³/mol. The Labute approximate surface area is 126 Å². The molecular weight excluding hydrogens is 276 g/mol. The molecule has 0 amide bonds. The van der Waals surface area contributed by atoms with E-state index >= 15 is 0 Å². The van der Waals surface area contributed by atoms with E-state index in [0.717, 1.165) is 6.04 Å². The fraction of sp³-hybridized carbons (Fsp3) is 0.222. The van der Waals surface area contributed by atoms with E-state index in [9.17, 15) is 0 Å². The molecule has 3 aromatic rings. The van der Waals surface area contributed by atoms with Crippen LogP contribution in [0.2, 0.25) is 6.04 Å². The largest absolute Gasteiger partial charge is 0.394 e. The first kappa shape index (κ1) is 14.3. The van der Waals surface area contributed by atoms with Crippen molar-refractivity contribution in [2.24, 2.45) is 0 Å². The van der Waals surface area contributed by atoms with E-state index < -0.39 is 8.56 Å². The number of benzene rings is 3. The number of hydrogen-bond donors (Lipinski definition) is 0. The van der Waals surface area contributed by atoms with Crippen molar-refractivity contribution in [2.75, 3.05) is 14.2 Å². The highest BCUT2D eigenvalue weighted by molar-refractivity contribution is 6.83. The minimum Gasteiger partial charge on any atom is -0.394 e. The third kappa shape index (κ3) is 2.27. The molecule has 108 valence electrons. The Morgan fingerprint density at radius 3 is 2.05 bits per heavy atom. The van der Waals surface area contributed by atoms with E-state index in [-0.39, 0.29) is 0 Å². The molecule has 3 heteroatoms. The third-order valence-electron chi connectivity index (χ3n) is 4.28. The second-order valence-electron chi connectivity index (χ2n) is 5.24. The first-order valence-corrected chi connectivity index (χ1v) is 9.29. The summed E-state index contributed by atoms with van der Waals surface area (Å²) in [5.41, 5.74) is 0. The average molecular weight is 296 g/mol. The molecule has 0 aliphatic heterocycles. The lowest BCUT2D eigenvalue weighted by Crippen LogP contribution is -2.52. The summed E-state index contributed by atoms with van der Waals surface area (Å²) in [4.78, 5) is 0. The van der Waals surface area contributed by atoms with Crippen LogP contribution in [0.15, 0.2) is 54.6 Å². The van der Waals surface area contributed by atoms with Gasteiger partial charge in [0.05, 0.1) is 0 Å². The molecule has 0 saturated heterocycles. The molecule has 2 nitrogen and oxygen atoms in total. The van der Waals surface area contributed by atoms with Gasteiger partial charge in [0.1, 0.15) is 0 Å². The summed E-state index contributed by atoms with van der Waals surface area (Å²) in [7, 11) is 1.18. The van der Waals surface area contributed by atoms with E-state index in [1.54, 1.807) is 14.2 Å². The molecule has 0 unspecified atom stereocenters. The monoisotopic (exact) mass is 296 g/mol. The molecule has 0 radical (unpaired) electrons. The minimum atomic E-state index is -2.35. The fourth-order valence-electron chi connectivity index (χ4n) is 3.08. The van der Waals surface area contributed by atoms with Crippen molar-refractivity contribution < 1.29 is 8.85 Å². The van der Waals surface area contributed by atoms with E-state index in [2.05, 4.69) is 61.5 Å². The Hall–Kier alpha value is -1.68. The Morgan fingerprint density at radius 1 is 0.810 bits per heavy atom. The zero-order chi connectivity index (χ0) is 14.9. The summed E-state index contributed by atoms with van der Waals surface area (Å²) in [5, 5.41) is 6.22. The molecule has 0 atom stereocenters. The first-order valence-electron chi connectivity index (χ1n) is 7.26. The Kier molecular flexibility index (Phi) is 3.80. The van der Waals surface area contributed by atoms with Gasteiger partial charge in [0.25, 0.3) is 0 Å². The molecule has 0 spiro atoms. The van der Waals surface area contributed by atoms with Crippen LogP contribution in [-0.2, 0) is 8.85 Å². The van der Waals surface area contributed by atoms with Crippen LogP contribution >= 0.6 is 0 Å². The summed E-state index contributed by atoms with van der Waals surface area (Å²) >= 11 is 0. The van der Waals surface area contributed by atoms with Crippen LogP contribution in [0.5, 0.6) is 0 Å². The first-order chi connectivity index (χ1) is 10.2. The van der Waals surface area contributed by atoms with Crippen molar-refractivity contribution in [3.63, 3.8) is 0 Å². The molecule has 0 aliphatic rings. The molecule has 0 aromatic heterocycles. The summed E-state index contributed by atoms with van der Waals surface area (Å²) in [5.74, 6) is 0. The van der Waals surface area contributed by atoms with Crippen LogP contribution in [0.1, 0.15) is 6.92 Å². The zero-order valence-corrected chi connectivity index (χ0v) is 13.7. The normalized spacial score (nSPS) is 12.1. The molecule has 0 aliphatic carbocycles. The Balaban J connectivity index is 2.35. The number of fused-ring (bicyclic) bond motifs is 2. The molecule has 0 saturated carbocycles. The smallest absolute Gasteiger partial charge is 0.372 e. The second-order valence-corrected chi connectivity index (χ2v) is 8.81. The van der Waals surface area contributed by atoms with Gasteiger partial charge in [-0.25, -0.2) is 0 Å². The highest BCUT2D eigenvalue weighted by atomic mass is 28.4. The van der Waals surface area contributed by atoms with Crippen LogP contribution in [0, 0.1) is 0 Å². The van der Waals surface area contributed by atoms with Gasteiger partial charge in [-0.3, -0.25) is 0 Å². The maximum absolute atomic E-state index is 5.86. The SMILES string of the molecule is CC[Si](OC)(OC)c1cccc2cc3ccccc3cc12. The van der Waals surface area contributed by atoms with E-state index in [4.69, 9.17) is 8.85 Å². The van der Waals surface area contributed by atoms with Crippen LogP contribution < -0.4 is 5.19 Å². The number of rotatable bonds is 4. The Bertz CT molecular complexity index is 770. The zero-order valence-electron chi connectivity index (χ0n) is 12.7. The molecule has 0 fully saturated rings. The highest BCUT2D eigenvalue weighted by Crippen LogP contribution is 2.24. The topological polar surface area (TPSA) is 18.5 Å². The van der Waals surface area contributed by atoms with Crippen molar-refractivity contribution in [2.45, 2.75) is 13.0 Å². The van der Waals surface area contributed by atoms with Gasteiger partial charge in [-0.05, 0) is 39.7 Å². The van der Waals surface area contributed by atoms with Gasteiger partial charge < -0.3 is 8.85 Å². The molecule has 0 heterocycles. The molecule has 0 N–H and O–H groups in total. The third-order valence-corrected chi connectivity index (χ3v) is 7.79. The van der Waals surface area contributed by atoms with Gasteiger partial charge in [-0.2, -0.15) is 0 Å². The maximum atomic E-state index is 5.86. The molecular formula is C18H20O2Si. The molecule has 3 aromatic carbocycles. The van der Waals surface area contributed by atoms with Crippen LogP contribution in [0.3, 0.4) is 0 Å². The van der Waals surface area contributed by atoms with Crippen molar-refractivity contribution >= 4 is 35.3 Å². The van der Waals surface area contributed by atoms with Crippen molar-refractivity contribution in [3.8, 4) is 0 Å². The molecule has 21 heavy (non-hydrogen) atoms. The highest BCUT2D eigenvalue weighted by Gasteiger charge is 2.37.